The average molecular weight is 297 g/mol. The Morgan fingerprint density at radius 1 is 1.09 bits per heavy atom. The molecule has 0 unspecified atom stereocenters. The molecule has 0 spiro atoms. The fourth-order valence-electron chi connectivity index (χ4n) is 2.14. The maximum Gasteiger partial charge on any atom is 0.259 e. The number of hydrogen-bond acceptors (Lipinski definition) is 4. The van der Waals surface area contributed by atoms with E-state index in [4.69, 9.17) is 9.47 Å². The third-order valence-corrected chi connectivity index (χ3v) is 3.30. The summed E-state index contributed by atoms with van der Waals surface area (Å²) in [6, 6.07) is 10.7. The molecule has 0 saturated heterocycles. The molecular formula is C16H15N3O3. The fraction of sp³-hybridized carbons (Fsp3) is 0.125. The number of carbonyl (C=O) groups excluding carboxylic acids is 1. The number of amides is 1. The van der Waals surface area contributed by atoms with Gasteiger partial charge >= 0.3 is 0 Å². The summed E-state index contributed by atoms with van der Waals surface area (Å²) in [5.74, 6) is 0.958. The topological polar surface area (TPSA) is 76.2 Å². The number of aromatic nitrogens is 2. The van der Waals surface area contributed by atoms with Crippen LogP contribution in [0, 0.1) is 0 Å². The van der Waals surface area contributed by atoms with Crippen molar-refractivity contribution in [1.82, 2.24) is 9.97 Å². The highest BCUT2D eigenvalue weighted by molar-refractivity contribution is 6.11. The number of aromatic amines is 1. The molecule has 0 aliphatic carbocycles. The highest BCUT2D eigenvalue weighted by Gasteiger charge is 2.14. The van der Waals surface area contributed by atoms with Crippen molar-refractivity contribution in [2.75, 3.05) is 19.5 Å². The lowest BCUT2D eigenvalue weighted by molar-refractivity contribution is 0.102. The summed E-state index contributed by atoms with van der Waals surface area (Å²) in [5.41, 5.74) is 2.50. The summed E-state index contributed by atoms with van der Waals surface area (Å²) in [6.45, 7) is 0. The van der Waals surface area contributed by atoms with Crippen LogP contribution in [0.15, 0.2) is 42.6 Å². The summed E-state index contributed by atoms with van der Waals surface area (Å²) < 4.78 is 10.2. The maximum atomic E-state index is 12.4. The molecule has 3 rings (SSSR count). The lowest BCUT2D eigenvalue weighted by atomic mass is 10.2. The van der Waals surface area contributed by atoms with Crippen LogP contribution in [-0.4, -0.2) is 30.1 Å². The Morgan fingerprint density at radius 3 is 2.55 bits per heavy atom. The molecule has 2 N–H and O–H groups in total. The van der Waals surface area contributed by atoms with E-state index < -0.39 is 0 Å². The van der Waals surface area contributed by atoms with Gasteiger partial charge in [0.15, 0.2) is 0 Å². The van der Waals surface area contributed by atoms with Crippen molar-refractivity contribution in [1.29, 1.82) is 0 Å². The van der Waals surface area contributed by atoms with Gasteiger partial charge in [0.2, 0.25) is 5.88 Å². The Kier molecular flexibility index (Phi) is 3.65. The smallest absolute Gasteiger partial charge is 0.259 e. The molecule has 0 atom stereocenters. The number of methoxy groups -OCH3 is 2. The maximum absolute atomic E-state index is 12.4. The van der Waals surface area contributed by atoms with E-state index in [1.54, 1.807) is 43.6 Å². The van der Waals surface area contributed by atoms with Crippen molar-refractivity contribution in [3.8, 4) is 11.6 Å². The lowest BCUT2D eigenvalue weighted by Gasteiger charge is -2.05. The number of ether oxygens (including phenoxy) is 2. The van der Waals surface area contributed by atoms with E-state index in [1.807, 2.05) is 6.07 Å². The molecule has 0 aliphatic rings. The molecule has 0 fully saturated rings. The minimum atomic E-state index is -0.239. The molecule has 2 aromatic heterocycles. The number of carbonyl (C=O) groups is 1. The number of nitrogens with zero attached hydrogens (tertiary/aromatic N) is 1. The molecule has 3 aromatic rings. The zero-order valence-corrected chi connectivity index (χ0v) is 12.2. The molecule has 0 aliphatic heterocycles. The Labute approximate surface area is 127 Å². The van der Waals surface area contributed by atoms with Crippen molar-refractivity contribution in [2.24, 2.45) is 0 Å². The largest absolute Gasteiger partial charge is 0.497 e. The first-order valence-corrected chi connectivity index (χ1v) is 6.69. The number of hydrogen-bond donors (Lipinski definition) is 2. The molecule has 0 saturated carbocycles. The van der Waals surface area contributed by atoms with E-state index in [0.29, 0.717) is 22.6 Å². The predicted octanol–water partition coefficient (Wildman–Crippen LogP) is 2.83. The Hall–Kier alpha value is -3.02. The monoisotopic (exact) mass is 297 g/mol. The number of H-pyrrole nitrogens is 1. The van der Waals surface area contributed by atoms with Crippen molar-refractivity contribution in [3.63, 3.8) is 0 Å². The number of benzene rings is 1. The number of anilines is 1. The van der Waals surface area contributed by atoms with Crippen molar-refractivity contribution < 1.29 is 14.3 Å². The first-order chi connectivity index (χ1) is 10.7. The van der Waals surface area contributed by atoms with Gasteiger partial charge in [0, 0.05) is 18.0 Å². The Balaban J connectivity index is 1.87. The van der Waals surface area contributed by atoms with Gasteiger partial charge in [0.25, 0.3) is 5.91 Å². The fourth-order valence-corrected chi connectivity index (χ4v) is 2.14. The molecule has 1 aromatic carbocycles. The molecule has 112 valence electrons. The second-order valence-corrected chi connectivity index (χ2v) is 4.63. The van der Waals surface area contributed by atoms with Gasteiger partial charge in [0.05, 0.1) is 25.3 Å². The van der Waals surface area contributed by atoms with Crippen LogP contribution in [0.5, 0.6) is 11.6 Å². The minimum absolute atomic E-state index is 0.239. The first kappa shape index (κ1) is 13.9. The summed E-state index contributed by atoms with van der Waals surface area (Å²) in [4.78, 5) is 19.7. The van der Waals surface area contributed by atoms with Gasteiger partial charge in [-0.2, -0.15) is 0 Å². The predicted molar refractivity (Wildman–Crippen MR) is 83.6 cm³/mol. The van der Waals surface area contributed by atoms with E-state index in [9.17, 15) is 4.79 Å². The van der Waals surface area contributed by atoms with Crippen LogP contribution in [0.2, 0.25) is 0 Å². The number of fused-ring (bicyclic) bond motifs is 1. The van der Waals surface area contributed by atoms with Crippen molar-refractivity contribution >= 4 is 22.6 Å². The number of nitrogens with one attached hydrogen (secondary N) is 2. The van der Waals surface area contributed by atoms with Gasteiger partial charge in [-0.15, -0.1) is 0 Å². The van der Waals surface area contributed by atoms with Gasteiger partial charge < -0.3 is 19.8 Å². The van der Waals surface area contributed by atoms with E-state index >= 15 is 0 Å². The summed E-state index contributed by atoms with van der Waals surface area (Å²) in [7, 11) is 3.14. The van der Waals surface area contributed by atoms with Crippen LogP contribution in [-0.2, 0) is 0 Å². The summed E-state index contributed by atoms with van der Waals surface area (Å²) >= 11 is 0. The van der Waals surface area contributed by atoms with Crippen LogP contribution < -0.4 is 14.8 Å². The quantitative estimate of drug-likeness (QED) is 0.776. The molecule has 1 amide bonds. The number of pyridine rings is 1. The molecule has 0 radical (unpaired) electrons. The lowest BCUT2D eigenvalue weighted by Crippen LogP contribution is -2.11. The second kappa shape index (κ2) is 5.77. The molecule has 6 heteroatoms. The van der Waals surface area contributed by atoms with E-state index in [2.05, 4.69) is 15.3 Å². The number of rotatable bonds is 4. The third kappa shape index (κ3) is 2.58. The zero-order valence-electron chi connectivity index (χ0n) is 12.2. The van der Waals surface area contributed by atoms with E-state index in [0.717, 1.165) is 11.3 Å². The van der Waals surface area contributed by atoms with Crippen molar-refractivity contribution in [2.45, 2.75) is 0 Å². The standard InChI is InChI=1S/C16H15N3O3/c1-21-11-5-3-10(4-6-11)18-16(20)12-9-17-13-7-8-14(22-2)19-15(12)13/h3-9,17H,1-2H3,(H,18,20). The average Bonchev–Trinajstić information content (AvgIpc) is 2.98. The molecule has 6 nitrogen and oxygen atoms in total. The summed E-state index contributed by atoms with van der Waals surface area (Å²) in [5, 5.41) is 2.83. The summed E-state index contributed by atoms with van der Waals surface area (Å²) in [6.07, 6.45) is 1.63. The van der Waals surface area contributed by atoms with E-state index in [1.165, 1.54) is 7.11 Å². The van der Waals surface area contributed by atoms with Gasteiger partial charge in [-0.3, -0.25) is 4.79 Å². The van der Waals surface area contributed by atoms with E-state index in [-0.39, 0.29) is 5.91 Å². The van der Waals surface area contributed by atoms with Gasteiger partial charge in [-0.05, 0) is 30.3 Å². The molecule has 22 heavy (non-hydrogen) atoms. The van der Waals surface area contributed by atoms with Crippen LogP contribution in [0.3, 0.4) is 0 Å². The highest BCUT2D eigenvalue weighted by atomic mass is 16.5. The Bertz CT molecular complexity index is 809. The Morgan fingerprint density at radius 2 is 1.86 bits per heavy atom. The van der Waals surface area contributed by atoms with Crippen LogP contribution >= 0.6 is 0 Å². The SMILES string of the molecule is COc1ccc(NC(=O)c2c[nH]c3ccc(OC)nc23)cc1. The molecular weight excluding hydrogens is 282 g/mol. The normalized spacial score (nSPS) is 10.5. The minimum Gasteiger partial charge on any atom is -0.497 e. The van der Waals surface area contributed by atoms with Crippen LogP contribution in [0.25, 0.3) is 11.0 Å². The highest BCUT2D eigenvalue weighted by Crippen LogP contribution is 2.21. The van der Waals surface area contributed by atoms with Gasteiger partial charge in [0.1, 0.15) is 11.3 Å². The van der Waals surface area contributed by atoms with Crippen LogP contribution in [0.4, 0.5) is 5.69 Å². The third-order valence-electron chi connectivity index (χ3n) is 3.30. The first-order valence-electron chi connectivity index (χ1n) is 6.69. The second-order valence-electron chi connectivity index (χ2n) is 4.63. The van der Waals surface area contributed by atoms with Gasteiger partial charge in [-0.25, -0.2) is 4.98 Å². The molecule has 2 heterocycles. The molecule has 0 bridgehead atoms. The van der Waals surface area contributed by atoms with Crippen LogP contribution in [0.1, 0.15) is 10.4 Å². The zero-order chi connectivity index (χ0) is 15.5. The van der Waals surface area contributed by atoms with Crippen molar-refractivity contribution in [3.05, 3.63) is 48.2 Å². The van der Waals surface area contributed by atoms with Gasteiger partial charge in [-0.1, -0.05) is 0 Å².